The molecule has 2 N–H and O–H groups in total. The first-order valence-electron chi connectivity index (χ1n) is 9.46. The molecule has 3 heterocycles. The summed E-state index contributed by atoms with van der Waals surface area (Å²) in [5.41, 5.74) is 10.9. The van der Waals surface area contributed by atoms with E-state index in [1.165, 1.54) is 0 Å². The third-order valence-electron chi connectivity index (χ3n) is 5.03. The van der Waals surface area contributed by atoms with Crippen LogP contribution in [-0.2, 0) is 17.8 Å². The number of anilines is 1. The molecule has 29 heavy (non-hydrogen) atoms. The second-order valence-corrected chi connectivity index (χ2v) is 6.76. The van der Waals surface area contributed by atoms with Gasteiger partial charge in [-0.2, -0.15) is 10.4 Å². The molecule has 4 rings (SSSR count). The fourth-order valence-corrected chi connectivity index (χ4v) is 3.55. The van der Waals surface area contributed by atoms with Crippen LogP contribution in [0.25, 0.3) is 33.3 Å². The van der Waals surface area contributed by atoms with Crippen LogP contribution in [0.15, 0.2) is 48.9 Å². The van der Waals surface area contributed by atoms with E-state index >= 15 is 0 Å². The Kier molecular flexibility index (Phi) is 5.02. The smallest absolute Gasteiger partial charge is 0.142 e. The summed E-state index contributed by atoms with van der Waals surface area (Å²) in [7, 11) is 1.69. The van der Waals surface area contributed by atoms with Crippen molar-refractivity contribution in [1.82, 2.24) is 19.3 Å². The third-order valence-corrected chi connectivity index (χ3v) is 5.03. The van der Waals surface area contributed by atoms with Gasteiger partial charge in [0.05, 0.1) is 18.5 Å². The van der Waals surface area contributed by atoms with Crippen LogP contribution in [0.3, 0.4) is 0 Å². The Balaban J connectivity index is 1.91. The highest BCUT2D eigenvalue weighted by Crippen LogP contribution is 2.35. The number of nitriles is 1. The van der Waals surface area contributed by atoms with Crippen molar-refractivity contribution in [2.45, 2.75) is 20.0 Å². The van der Waals surface area contributed by atoms with Crippen molar-refractivity contribution in [2.75, 3.05) is 19.5 Å². The topological polar surface area (TPSA) is 94.7 Å². The van der Waals surface area contributed by atoms with Gasteiger partial charge in [0.25, 0.3) is 0 Å². The molecule has 0 aliphatic carbocycles. The van der Waals surface area contributed by atoms with Gasteiger partial charge < -0.3 is 15.0 Å². The van der Waals surface area contributed by atoms with Gasteiger partial charge in [-0.15, -0.1) is 0 Å². The molecule has 1 aromatic carbocycles. The van der Waals surface area contributed by atoms with E-state index in [2.05, 4.69) is 39.0 Å². The van der Waals surface area contributed by atoms with Gasteiger partial charge in [0, 0.05) is 60.2 Å². The summed E-state index contributed by atoms with van der Waals surface area (Å²) < 4.78 is 9.22. The van der Waals surface area contributed by atoms with Crippen molar-refractivity contribution < 1.29 is 4.74 Å². The Morgan fingerprint density at radius 3 is 2.76 bits per heavy atom. The Bertz CT molecular complexity index is 1210. The van der Waals surface area contributed by atoms with Crippen LogP contribution in [0, 0.1) is 11.3 Å². The van der Waals surface area contributed by atoms with Crippen molar-refractivity contribution in [3.63, 3.8) is 0 Å². The molecule has 7 nitrogen and oxygen atoms in total. The lowest BCUT2D eigenvalue weighted by atomic mass is 10.0. The second-order valence-electron chi connectivity index (χ2n) is 6.76. The number of methoxy groups -OCH3 is 1. The minimum Gasteiger partial charge on any atom is -0.383 e. The van der Waals surface area contributed by atoms with Gasteiger partial charge in [0.15, 0.2) is 0 Å². The summed E-state index contributed by atoms with van der Waals surface area (Å²) in [6.45, 7) is 4.12. The number of fused-ring (bicyclic) bond motifs is 1. The number of aryl methyl sites for hydroxylation is 1. The van der Waals surface area contributed by atoms with Gasteiger partial charge in [-0.1, -0.05) is 18.2 Å². The van der Waals surface area contributed by atoms with Crippen LogP contribution >= 0.6 is 0 Å². The largest absolute Gasteiger partial charge is 0.383 e. The fraction of sp³-hybridized carbons (Fsp3) is 0.227. The number of hydrogen-bond donors (Lipinski definition) is 1. The molecular formula is C22H22N6O. The lowest BCUT2D eigenvalue weighted by Gasteiger charge is -2.08. The SMILES string of the molecule is CCn1cc(-c2cc(-c3cn(CCOC)c4ccccc34)nc(N)c2C#N)cn1. The van der Waals surface area contributed by atoms with E-state index in [-0.39, 0.29) is 5.82 Å². The molecule has 0 fully saturated rings. The van der Waals surface area contributed by atoms with Crippen LogP contribution in [-0.4, -0.2) is 33.0 Å². The van der Waals surface area contributed by atoms with E-state index < -0.39 is 0 Å². The standard InChI is InChI=1S/C22H22N6O/c1-3-28-13-15(12-25-28)17-10-20(26-22(24)18(17)11-23)19-14-27(8-9-29-2)21-7-5-4-6-16(19)21/h4-7,10,12-14H,3,8-9H2,1-2H3,(H2,24,26). The Labute approximate surface area is 169 Å². The van der Waals surface area contributed by atoms with E-state index in [1.54, 1.807) is 13.3 Å². The monoisotopic (exact) mass is 386 g/mol. The van der Waals surface area contributed by atoms with E-state index in [0.29, 0.717) is 12.2 Å². The van der Waals surface area contributed by atoms with Gasteiger partial charge in [-0.3, -0.25) is 4.68 Å². The molecule has 0 aliphatic heterocycles. The maximum atomic E-state index is 9.64. The molecule has 0 saturated carbocycles. The van der Waals surface area contributed by atoms with Crippen LogP contribution in [0.5, 0.6) is 0 Å². The Hall–Kier alpha value is -3.63. The average Bonchev–Trinajstić information content (AvgIpc) is 3.36. The van der Waals surface area contributed by atoms with Crippen molar-refractivity contribution in [2.24, 2.45) is 0 Å². The minimum atomic E-state index is 0.220. The summed E-state index contributed by atoms with van der Waals surface area (Å²) in [4.78, 5) is 4.55. The number of hydrogen-bond acceptors (Lipinski definition) is 5. The first-order valence-corrected chi connectivity index (χ1v) is 9.46. The Morgan fingerprint density at radius 1 is 1.21 bits per heavy atom. The van der Waals surface area contributed by atoms with Crippen LogP contribution in [0.2, 0.25) is 0 Å². The fourth-order valence-electron chi connectivity index (χ4n) is 3.55. The first kappa shape index (κ1) is 18.7. The van der Waals surface area contributed by atoms with Gasteiger partial charge in [-0.25, -0.2) is 4.98 Å². The number of nitrogen functional groups attached to an aromatic ring is 1. The molecule has 3 aromatic heterocycles. The summed E-state index contributed by atoms with van der Waals surface area (Å²) in [6.07, 6.45) is 5.74. The first-order chi connectivity index (χ1) is 14.2. The summed E-state index contributed by atoms with van der Waals surface area (Å²) in [5.74, 6) is 0.220. The number of rotatable bonds is 6. The van der Waals surface area contributed by atoms with Crippen molar-refractivity contribution in [3.05, 3.63) is 54.5 Å². The summed E-state index contributed by atoms with van der Waals surface area (Å²) in [6, 6.07) is 12.3. The molecule has 4 aromatic rings. The number of nitrogens with two attached hydrogens (primary N) is 1. The highest BCUT2D eigenvalue weighted by Gasteiger charge is 2.17. The maximum Gasteiger partial charge on any atom is 0.142 e. The predicted octanol–water partition coefficient (Wildman–Crippen LogP) is 3.69. The van der Waals surface area contributed by atoms with Gasteiger partial charge in [0.2, 0.25) is 0 Å². The molecule has 0 radical (unpaired) electrons. The highest BCUT2D eigenvalue weighted by molar-refractivity contribution is 5.96. The number of nitrogens with zero attached hydrogens (tertiary/aromatic N) is 5. The molecule has 0 unspecified atom stereocenters. The van der Waals surface area contributed by atoms with Gasteiger partial charge in [0.1, 0.15) is 17.5 Å². The zero-order chi connectivity index (χ0) is 20.4. The van der Waals surface area contributed by atoms with Gasteiger partial charge in [-0.05, 0) is 19.1 Å². The van der Waals surface area contributed by atoms with Crippen molar-refractivity contribution >= 4 is 16.7 Å². The number of ether oxygens (including phenoxy) is 1. The Morgan fingerprint density at radius 2 is 2.03 bits per heavy atom. The highest BCUT2D eigenvalue weighted by atomic mass is 16.5. The van der Waals surface area contributed by atoms with Crippen LogP contribution in [0.4, 0.5) is 5.82 Å². The van der Waals surface area contributed by atoms with E-state index in [0.717, 1.165) is 46.4 Å². The average molecular weight is 386 g/mol. The van der Waals surface area contributed by atoms with Crippen LogP contribution in [0.1, 0.15) is 12.5 Å². The molecule has 0 saturated heterocycles. The number of aromatic nitrogens is 4. The summed E-state index contributed by atoms with van der Waals surface area (Å²) in [5, 5.41) is 15.1. The molecule has 0 atom stereocenters. The van der Waals surface area contributed by atoms with Crippen molar-refractivity contribution in [3.8, 4) is 28.5 Å². The lowest BCUT2D eigenvalue weighted by molar-refractivity contribution is 0.188. The van der Waals surface area contributed by atoms with E-state index in [1.807, 2.05) is 36.0 Å². The number of para-hydroxylation sites is 1. The minimum absolute atomic E-state index is 0.220. The zero-order valence-corrected chi connectivity index (χ0v) is 16.5. The van der Waals surface area contributed by atoms with Gasteiger partial charge >= 0.3 is 0 Å². The molecule has 146 valence electrons. The molecule has 0 spiro atoms. The molecule has 0 aliphatic rings. The van der Waals surface area contributed by atoms with Crippen LogP contribution < -0.4 is 5.73 Å². The van der Waals surface area contributed by atoms with E-state index in [4.69, 9.17) is 10.5 Å². The maximum absolute atomic E-state index is 9.64. The molecule has 0 amide bonds. The normalized spacial score (nSPS) is 11.1. The predicted molar refractivity (Wildman–Crippen MR) is 113 cm³/mol. The zero-order valence-electron chi connectivity index (χ0n) is 16.5. The van der Waals surface area contributed by atoms with E-state index in [9.17, 15) is 5.26 Å². The number of benzene rings is 1. The number of pyridine rings is 1. The third kappa shape index (κ3) is 3.35. The summed E-state index contributed by atoms with van der Waals surface area (Å²) >= 11 is 0. The lowest BCUT2D eigenvalue weighted by Crippen LogP contribution is -2.02. The molecule has 0 bridgehead atoms. The quantitative estimate of drug-likeness (QED) is 0.545. The second kappa shape index (κ2) is 7.78. The van der Waals surface area contributed by atoms with Crippen molar-refractivity contribution in [1.29, 1.82) is 5.26 Å². The molecule has 7 heteroatoms. The molecular weight excluding hydrogens is 364 g/mol.